The maximum Gasteiger partial charge on any atom is 0.374 e. The van der Waals surface area contributed by atoms with Crippen LogP contribution in [-0.4, -0.2) is 42.4 Å². The van der Waals surface area contributed by atoms with E-state index < -0.39 is 24.3 Å². The highest BCUT2D eigenvalue weighted by Gasteiger charge is 2.17. The van der Waals surface area contributed by atoms with Crippen LogP contribution in [-0.2, 0) is 9.53 Å². The molecule has 0 fully saturated rings. The van der Waals surface area contributed by atoms with E-state index in [1.807, 2.05) is 13.8 Å². The van der Waals surface area contributed by atoms with Crippen molar-refractivity contribution in [2.45, 2.75) is 13.8 Å². The number of esters is 1. The van der Waals surface area contributed by atoms with Crippen LogP contribution < -0.4 is 5.32 Å². The maximum atomic E-state index is 13.8. The summed E-state index contributed by atoms with van der Waals surface area (Å²) in [6.07, 6.45) is 0. The highest BCUT2D eigenvalue weighted by molar-refractivity contribution is 5.97. The van der Waals surface area contributed by atoms with Gasteiger partial charge in [-0.2, -0.15) is 0 Å². The molecular weight excluding hydrogens is 415 g/mol. The molecule has 0 saturated carbocycles. The van der Waals surface area contributed by atoms with Crippen LogP contribution in [0, 0.1) is 5.82 Å². The number of halogens is 1. The van der Waals surface area contributed by atoms with Gasteiger partial charge in [-0.3, -0.25) is 9.59 Å². The van der Waals surface area contributed by atoms with Gasteiger partial charge in [0.25, 0.3) is 11.8 Å². The number of nitrogens with zero attached hydrogens (tertiary/aromatic N) is 1. The van der Waals surface area contributed by atoms with Crippen LogP contribution >= 0.6 is 0 Å². The predicted molar refractivity (Wildman–Crippen MR) is 117 cm³/mol. The summed E-state index contributed by atoms with van der Waals surface area (Å²) in [6.45, 7) is 4.49. The molecule has 2 aromatic carbocycles. The van der Waals surface area contributed by atoms with Crippen molar-refractivity contribution in [3.8, 4) is 11.3 Å². The van der Waals surface area contributed by atoms with E-state index >= 15 is 0 Å². The molecule has 1 N–H and O–H groups in total. The lowest BCUT2D eigenvalue weighted by atomic mass is 10.1. The molecule has 0 unspecified atom stereocenters. The van der Waals surface area contributed by atoms with Gasteiger partial charge in [0, 0.05) is 24.3 Å². The molecule has 7 nitrogen and oxygen atoms in total. The lowest BCUT2D eigenvalue weighted by molar-refractivity contribution is -0.119. The van der Waals surface area contributed by atoms with E-state index in [2.05, 4.69) is 5.32 Å². The van der Waals surface area contributed by atoms with Crippen molar-refractivity contribution in [2.75, 3.05) is 25.0 Å². The second-order valence-electron chi connectivity index (χ2n) is 6.82. The van der Waals surface area contributed by atoms with Crippen molar-refractivity contribution in [2.24, 2.45) is 0 Å². The predicted octanol–water partition coefficient (Wildman–Crippen LogP) is 4.36. The molecule has 0 bridgehead atoms. The lowest BCUT2D eigenvalue weighted by Crippen LogP contribution is -2.30. The van der Waals surface area contributed by atoms with Crippen LogP contribution in [0.3, 0.4) is 0 Å². The Bertz CT molecular complexity index is 1100. The summed E-state index contributed by atoms with van der Waals surface area (Å²) in [5, 5.41) is 2.59. The minimum atomic E-state index is -0.845. The van der Waals surface area contributed by atoms with Crippen molar-refractivity contribution in [1.82, 2.24) is 4.90 Å². The molecule has 166 valence electrons. The fourth-order valence-corrected chi connectivity index (χ4v) is 3.04. The number of nitrogens with one attached hydrogen (secondary N) is 1. The zero-order valence-electron chi connectivity index (χ0n) is 17.8. The van der Waals surface area contributed by atoms with E-state index in [1.54, 1.807) is 41.3 Å². The Morgan fingerprint density at radius 2 is 1.66 bits per heavy atom. The molecule has 0 saturated heterocycles. The summed E-state index contributed by atoms with van der Waals surface area (Å²) in [5.41, 5.74) is 1.19. The molecule has 0 spiro atoms. The summed E-state index contributed by atoms with van der Waals surface area (Å²) in [4.78, 5) is 38.2. The van der Waals surface area contributed by atoms with Crippen LogP contribution in [0.4, 0.5) is 10.1 Å². The molecule has 0 aliphatic heterocycles. The van der Waals surface area contributed by atoms with Crippen LogP contribution in [0.25, 0.3) is 11.3 Å². The third-order valence-electron chi connectivity index (χ3n) is 4.75. The Balaban J connectivity index is 1.53. The molecule has 0 aliphatic carbocycles. The maximum absolute atomic E-state index is 13.8. The molecule has 3 aromatic rings. The van der Waals surface area contributed by atoms with Gasteiger partial charge in [0.05, 0.1) is 5.56 Å². The standard InChI is InChI=1S/C24H23FN2O5/c1-3-27(4-2)23(29)16-9-11-17(12-10-16)26-22(28)15-31-24(30)21-14-13-20(32-21)18-7-5-6-8-19(18)25/h5-14H,3-4,15H2,1-2H3,(H,26,28). The normalized spacial score (nSPS) is 10.5. The molecule has 0 aliphatic rings. The highest BCUT2D eigenvalue weighted by Crippen LogP contribution is 2.25. The molecule has 1 heterocycles. The van der Waals surface area contributed by atoms with Crippen molar-refractivity contribution >= 4 is 23.5 Å². The van der Waals surface area contributed by atoms with Gasteiger partial charge in [-0.1, -0.05) is 12.1 Å². The summed E-state index contributed by atoms with van der Waals surface area (Å²) < 4.78 is 24.2. The van der Waals surface area contributed by atoms with Gasteiger partial charge >= 0.3 is 5.97 Å². The SMILES string of the molecule is CCN(CC)C(=O)c1ccc(NC(=O)COC(=O)c2ccc(-c3ccccc3F)o2)cc1. The zero-order valence-corrected chi connectivity index (χ0v) is 17.8. The molecule has 8 heteroatoms. The van der Waals surface area contributed by atoms with Gasteiger partial charge in [-0.05, 0) is 62.4 Å². The molecule has 2 amide bonds. The van der Waals surface area contributed by atoms with Gasteiger partial charge in [-0.25, -0.2) is 9.18 Å². The van der Waals surface area contributed by atoms with E-state index in [-0.39, 0.29) is 23.0 Å². The van der Waals surface area contributed by atoms with E-state index in [4.69, 9.17) is 9.15 Å². The first-order valence-corrected chi connectivity index (χ1v) is 10.1. The number of hydrogen-bond acceptors (Lipinski definition) is 5. The van der Waals surface area contributed by atoms with Crippen LogP contribution in [0.1, 0.15) is 34.8 Å². The van der Waals surface area contributed by atoms with Crippen LogP contribution in [0.2, 0.25) is 0 Å². The van der Waals surface area contributed by atoms with Gasteiger partial charge in [0.1, 0.15) is 11.6 Å². The van der Waals surface area contributed by atoms with E-state index in [1.165, 1.54) is 24.3 Å². The first-order valence-electron chi connectivity index (χ1n) is 10.1. The number of benzene rings is 2. The average Bonchev–Trinajstić information content (AvgIpc) is 3.29. The Labute approximate surface area is 184 Å². The largest absolute Gasteiger partial charge is 0.450 e. The smallest absolute Gasteiger partial charge is 0.374 e. The average molecular weight is 438 g/mol. The number of ether oxygens (including phenoxy) is 1. The fraction of sp³-hybridized carbons (Fsp3) is 0.208. The molecule has 32 heavy (non-hydrogen) atoms. The van der Waals surface area contributed by atoms with Gasteiger partial charge in [0.2, 0.25) is 5.76 Å². The number of anilines is 1. The second kappa shape index (κ2) is 10.4. The number of carbonyl (C=O) groups is 3. The first kappa shape index (κ1) is 22.7. The summed E-state index contributed by atoms with van der Waals surface area (Å²) in [7, 11) is 0. The number of carbonyl (C=O) groups excluding carboxylic acids is 3. The third-order valence-corrected chi connectivity index (χ3v) is 4.75. The van der Waals surface area contributed by atoms with Crippen molar-refractivity contribution in [3.63, 3.8) is 0 Å². The fourth-order valence-electron chi connectivity index (χ4n) is 3.04. The van der Waals surface area contributed by atoms with E-state index in [9.17, 15) is 18.8 Å². The second-order valence-corrected chi connectivity index (χ2v) is 6.82. The van der Waals surface area contributed by atoms with Gasteiger partial charge in [0.15, 0.2) is 6.61 Å². The lowest BCUT2D eigenvalue weighted by Gasteiger charge is -2.18. The highest BCUT2D eigenvalue weighted by atomic mass is 19.1. The molecule has 0 radical (unpaired) electrons. The molecule has 3 rings (SSSR count). The topological polar surface area (TPSA) is 88.9 Å². The van der Waals surface area contributed by atoms with Crippen LogP contribution in [0.5, 0.6) is 0 Å². The third kappa shape index (κ3) is 5.40. The molecule has 0 atom stereocenters. The Kier molecular flexibility index (Phi) is 7.38. The van der Waals surface area contributed by atoms with Crippen LogP contribution in [0.15, 0.2) is 65.1 Å². The zero-order chi connectivity index (χ0) is 23.1. The minimum absolute atomic E-state index is 0.0880. The first-order chi connectivity index (χ1) is 15.4. The van der Waals surface area contributed by atoms with Gasteiger partial charge < -0.3 is 19.4 Å². The number of furan rings is 1. The Hall–Kier alpha value is -3.94. The van der Waals surface area contributed by atoms with Gasteiger partial charge in [-0.15, -0.1) is 0 Å². The number of amides is 2. The number of hydrogen-bond donors (Lipinski definition) is 1. The van der Waals surface area contributed by atoms with Crippen molar-refractivity contribution in [3.05, 3.63) is 77.8 Å². The summed E-state index contributed by atoms with van der Waals surface area (Å²) in [6, 6.07) is 15.3. The van der Waals surface area contributed by atoms with E-state index in [0.29, 0.717) is 24.3 Å². The summed E-state index contributed by atoms with van der Waals surface area (Å²) >= 11 is 0. The summed E-state index contributed by atoms with van der Waals surface area (Å²) in [5.74, 6) is -1.93. The monoisotopic (exact) mass is 438 g/mol. The minimum Gasteiger partial charge on any atom is -0.450 e. The Morgan fingerprint density at radius 3 is 2.31 bits per heavy atom. The van der Waals surface area contributed by atoms with Crippen molar-refractivity contribution < 1.29 is 27.9 Å². The molecule has 1 aromatic heterocycles. The number of rotatable bonds is 8. The quantitative estimate of drug-likeness (QED) is 0.528. The van der Waals surface area contributed by atoms with E-state index in [0.717, 1.165) is 0 Å². The Morgan fingerprint density at radius 1 is 0.969 bits per heavy atom. The van der Waals surface area contributed by atoms with Crippen molar-refractivity contribution in [1.29, 1.82) is 0 Å². The molecular formula is C24H23FN2O5.